The molecule has 1 N–H and O–H groups in total. The van der Waals surface area contributed by atoms with Gasteiger partial charge in [0, 0.05) is 42.5 Å². The summed E-state index contributed by atoms with van der Waals surface area (Å²) in [5.41, 5.74) is 2.49. The standard InChI is InChI=1S/C22H29N3O/c1-17-15-20(7-10-23-17)26-14-13-25-11-8-19(9-12-25)24-22-16-21(22)18-5-3-2-4-6-18/h2-7,10,15,19,21-22,24H,8-9,11-14,16H2,1H3/t21-,22+/m0/s1. The van der Waals surface area contributed by atoms with Crippen LogP contribution in [0.2, 0.25) is 0 Å². The lowest BCUT2D eigenvalue weighted by molar-refractivity contribution is 0.164. The largest absolute Gasteiger partial charge is 0.492 e. The van der Waals surface area contributed by atoms with E-state index in [1.807, 2.05) is 25.3 Å². The van der Waals surface area contributed by atoms with Gasteiger partial charge in [0.15, 0.2) is 0 Å². The molecule has 1 aromatic heterocycles. The van der Waals surface area contributed by atoms with Crippen LogP contribution in [0, 0.1) is 6.92 Å². The molecule has 0 unspecified atom stereocenters. The minimum atomic E-state index is 0.675. The third kappa shape index (κ3) is 4.63. The number of likely N-dealkylation sites (tertiary alicyclic amines) is 1. The van der Waals surface area contributed by atoms with E-state index in [4.69, 9.17) is 4.74 Å². The summed E-state index contributed by atoms with van der Waals surface area (Å²) in [5.74, 6) is 1.65. The fourth-order valence-electron chi connectivity index (χ4n) is 3.98. The third-order valence-corrected chi connectivity index (χ3v) is 5.60. The van der Waals surface area contributed by atoms with Crippen LogP contribution in [0.3, 0.4) is 0 Å². The van der Waals surface area contributed by atoms with Crippen LogP contribution in [0.5, 0.6) is 5.75 Å². The number of nitrogens with zero attached hydrogens (tertiary/aromatic N) is 2. The third-order valence-electron chi connectivity index (χ3n) is 5.60. The summed E-state index contributed by atoms with van der Waals surface area (Å²) in [6.07, 6.45) is 5.59. The van der Waals surface area contributed by atoms with Crippen LogP contribution in [-0.2, 0) is 0 Å². The first-order valence-electron chi connectivity index (χ1n) is 9.87. The van der Waals surface area contributed by atoms with E-state index in [1.54, 1.807) is 0 Å². The summed E-state index contributed by atoms with van der Waals surface area (Å²) < 4.78 is 5.86. The molecule has 0 radical (unpaired) electrons. The molecule has 1 aliphatic heterocycles. The quantitative estimate of drug-likeness (QED) is 0.830. The molecule has 26 heavy (non-hydrogen) atoms. The second-order valence-corrected chi connectivity index (χ2v) is 7.62. The average Bonchev–Trinajstić information content (AvgIpc) is 3.43. The summed E-state index contributed by atoms with van der Waals surface area (Å²) in [7, 11) is 0. The van der Waals surface area contributed by atoms with Crippen LogP contribution in [-0.4, -0.2) is 48.2 Å². The summed E-state index contributed by atoms with van der Waals surface area (Å²) in [6.45, 7) is 6.08. The summed E-state index contributed by atoms with van der Waals surface area (Å²) in [4.78, 5) is 6.72. The van der Waals surface area contributed by atoms with Gasteiger partial charge in [0.05, 0.1) is 0 Å². The van der Waals surface area contributed by atoms with Crippen LogP contribution in [0.15, 0.2) is 48.7 Å². The highest BCUT2D eigenvalue weighted by Crippen LogP contribution is 2.41. The minimum Gasteiger partial charge on any atom is -0.492 e. The van der Waals surface area contributed by atoms with Crippen LogP contribution in [0.4, 0.5) is 0 Å². The van der Waals surface area contributed by atoms with Gasteiger partial charge in [-0.3, -0.25) is 9.88 Å². The summed E-state index contributed by atoms with van der Waals surface area (Å²) in [5, 5.41) is 3.89. The van der Waals surface area contributed by atoms with E-state index in [-0.39, 0.29) is 0 Å². The number of rotatable bonds is 7. The van der Waals surface area contributed by atoms with Crippen LogP contribution < -0.4 is 10.1 Å². The fraction of sp³-hybridized carbons (Fsp3) is 0.500. The molecular weight excluding hydrogens is 322 g/mol. The molecule has 4 nitrogen and oxygen atoms in total. The Balaban J connectivity index is 1.14. The zero-order chi connectivity index (χ0) is 17.8. The maximum atomic E-state index is 5.86. The van der Waals surface area contributed by atoms with Crippen molar-refractivity contribution in [2.45, 2.75) is 44.2 Å². The lowest BCUT2D eigenvalue weighted by Gasteiger charge is -2.32. The Morgan fingerprint density at radius 3 is 2.73 bits per heavy atom. The SMILES string of the molecule is Cc1cc(OCCN2CCC(N[C@@H]3C[C@H]3c3ccccc3)CC2)ccn1. The van der Waals surface area contributed by atoms with Crippen LogP contribution >= 0.6 is 0 Å². The summed E-state index contributed by atoms with van der Waals surface area (Å²) in [6, 6.07) is 16.2. The van der Waals surface area contributed by atoms with E-state index < -0.39 is 0 Å². The van der Waals surface area contributed by atoms with Gasteiger partial charge in [-0.15, -0.1) is 0 Å². The highest BCUT2D eigenvalue weighted by molar-refractivity contribution is 5.27. The van der Waals surface area contributed by atoms with Gasteiger partial charge in [-0.1, -0.05) is 30.3 Å². The Morgan fingerprint density at radius 1 is 1.15 bits per heavy atom. The monoisotopic (exact) mass is 351 g/mol. The molecule has 1 saturated heterocycles. The van der Waals surface area contributed by atoms with Crippen molar-refractivity contribution in [2.75, 3.05) is 26.2 Å². The van der Waals surface area contributed by atoms with Crippen molar-refractivity contribution in [3.63, 3.8) is 0 Å². The Morgan fingerprint density at radius 2 is 1.96 bits per heavy atom. The number of benzene rings is 1. The first kappa shape index (κ1) is 17.5. The first-order chi connectivity index (χ1) is 12.8. The maximum Gasteiger partial charge on any atom is 0.122 e. The number of piperidine rings is 1. The lowest BCUT2D eigenvalue weighted by atomic mass is 10.0. The molecule has 138 valence electrons. The molecule has 1 saturated carbocycles. The number of ether oxygens (including phenoxy) is 1. The lowest BCUT2D eigenvalue weighted by Crippen LogP contribution is -2.44. The van der Waals surface area contributed by atoms with Gasteiger partial charge >= 0.3 is 0 Å². The molecule has 2 atom stereocenters. The van der Waals surface area contributed by atoms with Crippen molar-refractivity contribution in [3.8, 4) is 5.75 Å². The molecule has 2 aromatic rings. The normalized spacial score (nSPS) is 23.7. The van der Waals surface area contributed by atoms with Crippen molar-refractivity contribution in [1.82, 2.24) is 15.2 Å². The summed E-state index contributed by atoms with van der Waals surface area (Å²) >= 11 is 0. The molecule has 0 amide bonds. The van der Waals surface area contributed by atoms with E-state index >= 15 is 0 Å². The van der Waals surface area contributed by atoms with Crippen molar-refractivity contribution >= 4 is 0 Å². The van der Waals surface area contributed by atoms with Crippen molar-refractivity contribution < 1.29 is 4.74 Å². The molecule has 1 aromatic carbocycles. The van der Waals surface area contributed by atoms with Crippen molar-refractivity contribution in [1.29, 1.82) is 0 Å². The molecule has 2 heterocycles. The first-order valence-corrected chi connectivity index (χ1v) is 9.87. The van der Waals surface area contributed by atoms with E-state index in [2.05, 4.69) is 45.5 Å². The van der Waals surface area contributed by atoms with Crippen molar-refractivity contribution in [2.24, 2.45) is 0 Å². The highest BCUT2D eigenvalue weighted by Gasteiger charge is 2.39. The van der Waals surface area contributed by atoms with Crippen molar-refractivity contribution in [3.05, 3.63) is 59.9 Å². The number of hydrogen-bond acceptors (Lipinski definition) is 4. The topological polar surface area (TPSA) is 37.4 Å². The van der Waals surface area contributed by atoms with Gasteiger partial charge in [0.25, 0.3) is 0 Å². The number of hydrogen-bond donors (Lipinski definition) is 1. The number of aryl methyl sites for hydroxylation is 1. The zero-order valence-corrected chi connectivity index (χ0v) is 15.6. The Labute approximate surface area is 156 Å². The van der Waals surface area contributed by atoms with Gasteiger partial charge in [0.2, 0.25) is 0 Å². The van der Waals surface area contributed by atoms with Gasteiger partial charge in [-0.05, 0) is 50.9 Å². The van der Waals surface area contributed by atoms with E-state index in [9.17, 15) is 0 Å². The molecule has 0 spiro atoms. The second kappa shape index (κ2) is 8.19. The molecule has 2 fully saturated rings. The Hall–Kier alpha value is -1.91. The van der Waals surface area contributed by atoms with Gasteiger partial charge in [-0.2, -0.15) is 0 Å². The van der Waals surface area contributed by atoms with E-state index in [1.165, 1.54) is 37.9 Å². The molecule has 2 aliphatic rings. The Bertz CT molecular complexity index is 698. The Kier molecular flexibility index (Phi) is 5.51. The average molecular weight is 351 g/mol. The predicted molar refractivity (Wildman–Crippen MR) is 105 cm³/mol. The van der Waals surface area contributed by atoms with Gasteiger partial charge < -0.3 is 10.1 Å². The zero-order valence-electron chi connectivity index (χ0n) is 15.6. The molecule has 0 bridgehead atoms. The number of aromatic nitrogens is 1. The molecule has 4 heteroatoms. The molecule has 4 rings (SSSR count). The smallest absolute Gasteiger partial charge is 0.122 e. The van der Waals surface area contributed by atoms with Gasteiger partial charge in [0.1, 0.15) is 12.4 Å². The number of nitrogens with one attached hydrogen (secondary N) is 1. The second-order valence-electron chi connectivity index (χ2n) is 7.62. The fourth-order valence-corrected chi connectivity index (χ4v) is 3.98. The highest BCUT2D eigenvalue weighted by atomic mass is 16.5. The van der Waals surface area contributed by atoms with Crippen LogP contribution in [0.1, 0.15) is 36.4 Å². The van der Waals surface area contributed by atoms with E-state index in [0.29, 0.717) is 12.1 Å². The minimum absolute atomic E-state index is 0.675. The molecular formula is C22H29N3O. The number of pyridine rings is 1. The maximum absolute atomic E-state index is 5.86. The molecule has 1 aliphatic carbocycles. The van der Waals surface area contributed by atoms with Gasteiger partial charge in [-0.25, -0.2) is 0 Å². The predicted octanol–water partition coefficient (Wildman–Crippen LogP) is 3.38. The van der Waals surface area contributed by atoms with E-state index in [0.717, 1.165) is 30.5 Å². The van der Waals surface area contributed by atoms with Crippen LogP contribution in [0.25, 0.3) is 0 Å².